The number of aromatic amines is 1. The summed E-state index contributed by atoms with van der Waals surface area (Å²) < 4.78 is 23.1. The molecule has 3 rings (SSSR count). The van der Waals surface area contributed by atoms with Gasteiger partial charge in [0.05, 0.1) is 15.9 Å². The van der Waals surface area contributed by atoms with Gasteiger partial charge in [0, 0.05) is 18.7 Å². The van der Waals surface area contributed by atoms with Gasteiger partial charge in [0.2, 0.25) is 0 Å². The molecular formula is C13H17N3O2S. The van der Waals surface area contributed by atoms with Crippen LogP contribution in [0.5, 0.6) is 0 Å². The van der Waals surface area contributed by atoms with Crippen molar-refractivity contribution in [2.24, 2.45) is 5.92 Å². The van der Waals surface area contributed by atoms with Gasteiger partial charge in [0.25, 0.3) is 0 Å². The lowest BCUT2D eigenvalue weighted by Gasteiger charge is -2.09. The lowest BCUT2D eigenvalue weighted by atomic mass is 9.98. The second kappa shape index (κ2) is 4.31. The van der Waals surface area contributed by atoms with Crippen LogP contribution in [-0.2, 0) is 9.84 Å². The number of benzene rings is 1. The number of rotatable bonds is 2. The lowest BCUT2D eigenvalue weighted by molar-refractivity contribution is 0.551. The molecule has 6 heteroatoms. The molecule has 0 bridgehead atoms. The number of aromatic nitrogens is 2. The molecule has 1 aliphatic rings. The van der Waals surface area contributed by atoms with Gasteiger partial charge >= 0.3 is 0 Å². The maximum Gasteiger partial charge on any atom is 0.175 e. The molecule has 2 N–H and O–H groups in total. The summed E-state index contributed by atoms with van der Waals surface area (Å²) in [7, 11) is -3.17. The van der Waals surface area contributed by atoms with E-state index >= 15 is 0 Å². The van der Waals surface area contributed by atoms with Crippen LogP contribution in [0.2, 0.25) is 0 Å². The van der Waals surface area contributed by atoms with E-state index < -0.39 is 9.84 Å². The van der Waals surface area contributed by atoms with E-state index in [9.17, 15) is 8.42 Å². The van der Waals surface area contributed by atoms with Crippen molar-refractivity contribution in [2.75, 3.05) is 19.3 Å². The number of sulfone groups is 1. The fourth-order valence-corrected chi connectivity index (χ4v) is 3.24. The van der Waals surface area contributed by atoms with Gasteiger partial charge in [-0.1, -0.05) is 6.92 Å². The highest BCUT2D eigenvalue weighted by molar-refractivity contribution is 7.90. The second-order valence-corrected chi connectivity index (χ2v) is 7.33. The molecule has 1 fully saturated rings. The van der Waals surface area contributed by atoms with Crippen molar-refractivity contribution in [3.63, 3.8) is 0 Å². The van der Waals surface area contributed by atoms with Crippen LogP contribution in [-0.4, -0.2) is 37.7 Å². The molecule has 102 valence electrons. The van der Waals surface area contributed by atoms with Gasteiger partial charge < -0.3 is 10.3 Å². The zero-order valence-corrected chi connectivity index (χ0v) is 11.8. The molecular weight excluding hydrogens is 262 g/mol. The first kappa shape index (κ1) is 12.6. The monoisotopic (exact) mass is 279 g/mol. The summed E-state index contributed by atoms with van der Waals surface area (Å²) in [5.74, 6) is 1.85. The molecule has 5 nitrogen and oxygen atoms in total. The summed E-state index contributed by atoms with van der Waals surface area (Å²) >= 11 is 0. The third-order valence-corrected chi connectivity index (χ3v) is 4.88. The zero-order chi connectivity index (χ0) is 13.6. The Balaban J connectivity index is 2.06. The van der Waals surface area contributed by atoms with Crippen LogP contribution >= 0.6 is 0 Å². The molecule has 19 heavy (non-hydrogen) atoms. The Morgan fingerprint density at radius 2 is 2.11 bits per heavy atom. The Morgan fingerprint density at radius 1 is 1.32 bits per heavy atom. The molecule has 1 aromatic carbocycles. The molecule has 2 unspecified atom stereocenters. The third kappa shape index (κ3) is 2.26. The minimum atomic E-state index is -3.17. The van der Waals surface area contributed by atoms with Crippen LogP contribution in [0.1, 0.15) is 18.7 Å². The topological polar surface area (TPSA) is 74.8 Å². The second-order valence-electron chi connectivity index (χ2n) is 5.32. The van der Waals surface area contributed by atoms with E-state index in [1.165, 1.54) is 6.26 Å². The van der Waals surface area contributed by atoms with Crippen molar-refractivity contribution in [1.82, 2.24) is 15.3 Å². The molecule has 2 aromatic rings. The SMILES string of the molecule is CC1CNCC1c1nc2ccc(S(C)(=O)=O)cc2[nH]1. The molecule has 0 saturated carbocycles. The average Bonchev–Trinajstić information content (AvgIpc) is 2.91. The van der Waals surface area contributed by atoms with Gasteiger partial charge in [-0.3, -0.25) is 0 Å². The molecule has 1 aliphatic heterocycles. The van der Waals surface area contributed by atoms with E-state index in [-0.39, 0.29) is 0 Å². The molecule has 0 radical (unpaired) electrons. The highest BCUT2D eigenvalue weighted by Gasteiger charge is 2.27. The highest BCUT2D eigenvalue weighted by Crippen LogP contribution is 2.27. The number of hydrogen-bond acceptors (Lipinski definition) is 4. The van der Waals surface area contributed by atoms with E-state index in [2.05, 4.69) is 22.2 Å². The van der Waals surface area contributed by atoms with Gasteiger partial charge in [-0.2, -0.15) is 0 Å². The molecule has 2 heterocycles. The number of fused-ring (bicyclic) bond motifs is 1. The number of H-pyrrole nitrogens is 1. The van der Waals surface area contributed by atoms with Crippen LogP contribution in [0.3, 0.4) is 0 Å². The van der Waals surface area contributed by atoms with Crippen LogP contribution in [0.4, 0.5) is 0 Å². The van der Waals surface area contributed by atoms with Crippen LogP contribution < -0.4 is 5.32 Å². The van der Waals surface area contributed by atoms with Crippen LogP contribution in [0.25, 0.3) is 11.0 Å². The van der Waals surface area contributed by atoms with Crippen molar-refractivity contribution >= 4 is 20.9 Å². The molecule has 1 aromatic heterocycles. The van der Waals surface area contributed by atoms with Crippen molar-refractivity contribution < 1.29 is 8.42 Å². The summed E-state index contributed by atoms with van der Waals surface area (Å²) in [4.78, 5) is 8.17. The molecule has 0 amide bonds. The zero-order valence-electron chi connectivity index (χ0n) is 11.0. The Hall–Kier alpha value is -1.40. The third-order valence-electron chi connectivity index (χ3n) is 3.77. The van der Waals surface area contributed by atoms with Crippen molar-refractivity contribution in [1.29, 1.82) is 0 Å². The number of imidazole rings is 1. The average molecular weight is 279 g/mol. The van der Waals surface area contributed by atoms with E-state index in [4.69, 9.17) is 0 Å². The number of hydrogen-bond donors (Lipinski definition) is 2. The maximum absolute atomic E-state index is 11.5. The predicted molar refractivity (Wildman–Crippen MR) is 74.0 cm³/mol. The van der Waals surface area contributed by atoms with Gasteiger partial charge in [-0.15, -0.1) is 0 Å². The molecule has 0 aliphatic carbocycles. The van der Waals surface area contributed by atoms with Gasteiger partial charge in [0.1, 0.15) is 5.82 Å². The molecule has 2 atom stereocenters. The Morgan fingerprint density at radius 3 is 2.74 bits per heavy atom. The Kier molecular flexibility index (Phi) is 2.87. The fraction of sp³-hybridized carbons (Fsp3) is 0.462. The normalized spacial score (nSPS) is 24.1. The quantitative estimate of drug-likeness (QED) is 0.868. The van der Waals surface area contributed by atoms with E-state index in [1.807, 2.05) is 0 Å². The van der Waals surface area contributed by atoms with E-state index in [0.29, 0.717) is 16.7 Å². The highest BCUT2D eigenvalue weighted by atomic mass is 32.2. The first-order chi connectivity index (χ1) is 8.95. The summed E-state index contributed by atoms with van der Waals surface area (Å²) in [6.07, 6.45) is 1.22. The lowest BCUT2D eigenvalue weighted by Crippen LogP contribution is -2.09. The summed E-state index contributed by atoms with van der Waals surface area (Å²) in [5, 5.41) is 3.34. The van der Waals surface area contributed by atoms with Gasteiger partial charge in [-0.05, 0) is 30.7 Å². The summed E-state index contributed by atoms with van der Waals surface area (Å²) in [6.45, 7) is 4.11. The van der Waals surface area contributed by atoms with Crippen molar-refractivity contribution in [3.8, 4) is 0 Å². The van der Waals surface area contributed by atoms with Crippen LogP contribution in [0.15, 0.2) is 23.1 Å². The fourth-order valence-electron chi connectivity index (χ4n) is 2.59. The minimum absolute atomic E-state index is 0.327. The molecule has 1 saturated heterocycles. The molecule has 0 spiro atoms. The summed E-state index contributed by atoms with van der Waals surface area (Å²) in [6, 6.07) is 5.03. The standard InChI is InChI=1S/C13H17N3O2S/c1-8-6-14-7-10(8)13-15-11-4-3-9(19(2,17)18)5-12(11)16-13/h3-5,8,10,14H,6-7H2,1-2H3,(H,15,16). The van der Waals surface area contributed by atoms with Gasteiger partial charge in [0.15, 0.2) is 9.84 Å². The van der Waals surface area contributed by atoms with Crippen molar-refractivity contribution in [2.45, 2.75) is 17.7 Å². The Labute approximate surface area is 112 Å². The van der Waals surface area contributed by atoms with Crippen LogP contribution in [0, 0.1) is 5.92 Å². The number of nitrogens with one attached hydrogen (secondary N) is 2. The predicted octanol–water partition coefficient (Wildman–Crippen LogP) is 1.29. The minimum Gasteiger partial charge on any atom is -0.342 e. The number of nitrogens with zero attached hydrogens (tertiary/aromatic N) is 1. The maximum atomic E-state index is 11.5. The first-order valence-corrected chi connectivity index (χ1v) is 8.25. The van der Waals surface area contributed by atoms with E-state index in [0.717, 1.165) is 29.9 Å². The van der Waals surface area contributed by atoms with Gasteiger partial charge in [-0.25, -0.2) is 13.4 Å². The van der Waals surface area contributed by atoms with E-state index in [1.54, 1.807) is 18.2 Å². The smallest absolute Gasteiger partial charge is 0.175 e. The largest absolute Gasteiger partial charge is 0.342 e. The van der Waals surface area contributed by atoms with Crippen molar-refractivity contribution in [3.05, 3.63) is 24.0 Å². The Bertz CT molecular complexity index is 721. The summed E-state index contributed by atoms with van der Waals surface area (Å²) in [5.41, 5.74) is 1.61. The first-order valence-electron chi connectivity index (χ1n) is 6.35.